The van der Waals surface area contributed by atoms with E-state index in [0.29, 0.717) is 17.0 Å². The van der Waals surface area contributed by atoms with Crippen molar-refractivity contribution in [3.05, 3.63) is 40.1 Å². The minimum atomic E-state index is -0.965. The standard InChI is InChI=1S/C13H9NO3S/c1-7-5-18-6-9(7)12-14-10-4-8(13(15)16)2-3-11(10)17-12/h2-6H,1H3,(H,15,16). The Morgan fingerprint density at radius 3 is 2.89 bits per heavy atom. The number of rotatable bonds is 2. The van der Waals surface area contributed by atoms with Crippen molar-refractivity contribution in [3.8, 4) is 11.5 Å². The Hall–Kier alpha value is -2.14. The van der Waals surface area contributed by atoms with E-state index in [2.05, 4.69) is 4.98 Å². The Kier molecular flexibility index (Phi) is 2.41. The van der Waals surface area contributed by atoms with Crippen molar-refractivity contribution in [2.45, 2.75) is 6.92 Å². The van der Waals surface area contributed by atoms with Crippen LogP contribution in [-0.2, 0) is 0 Å². The molecule has 90 valence electrons. The maximum atomic E-state index is 10.9. The highest BCUT2D eigenvalue weighted by Gasteiger charge is 2.13. The number of carboxylic acids is 1. The molecular weight excluding hydrogens is 250 g/mol. The molecule has 3 rings (SSSR count). The molecule has 0 saturated heterocycles. The Labute approximate surface area is 107 Å². The van der Waals surface area contributed by atoms with Crippen molar-refractivity contribution in [2.75, 3.05) is 0 Å². The van der Waals surface area contributed by atoms with Crippen LogP contribution >= 0.6 is 11.3 Å². The minimum Gasteiger partial charge on any atom is -0.478 e. The third kappa shape index (κ3) is 1.69. The van der Waals surface area contributed by atoms with Crippen LogP contribution in [0.2, 0.25) is 0 Å². The van der Waals surface area contributed by atoms with Gasteiger partial charge in [-0.1, -0.05) is 0 Å². The minimum absolute atomic E-state index is 0.212. The molecule has 0 amide bonds. The number of oxazole rings is 1. The van der Waals surface area contributed by atoms with Gasteiger partial charge >= 0.3 is 5.97 Å². The van der Waals surface area contributed by atoms with Crippen LogP contribution in [0, 0.1) is 6.92 Å². The summed E-state index contributed by atoms with van der Waals surface area (Å²) in [6.45, 7) is 1.99. The van der Waals surface area contributed by atoms with Gasteiger partial charge in [-0.05, 0) is 36.1 Å². The van der Waals surface area contributed by atoms with Gasteiger partial charge in [-0.15, -0.1) is 0 Å². The van der Waals surface area contributed by atoms with Crippen molar-refractivity contribution in [1.82, 2.24) is 4.98 Å². The summed E-state index contributed by atoms with van der Waals surface area (Å²) in [5.41, 5.74) is 3.43. The van der Waals surface area contributed by atoms with Crippen molar-refractivity contribution < 1.29 is 14.3 Å². The van der Waals surface area contributed by atoms with Gasteiger partial charge in [0.25, 0.3) is 0 Å². The first-order valence-electron chi connectivity index (χ1n) is 5.32. The lowest BCUT2D eigenvalue weighted by Crippen LogP contribution is -1.94. The van der Waals surface area contributed by atoms with Gasteiger partial charge < -0.3 is 9.52 Å². The first-order valence-corrected chi connectivity index (χ1v) is 6.26. The second-order valence-electron chi connectivity index (χ2n) is 3.98. The fourth-order valence-electron chi connectivity index (χ4n) is 1.76. The second kappa shape index (κ2) is 3.96. The average Bonchev–Trinajstić information content (AvgIpc) is 2.92. The maximum absolute atomic E-state index is 10.9. The monoisotopic (exact) mass is 259 g/mol. The molecule has 18 heavy (non-hydrogen) atoms. The number of fused-ring (bicyclic) bond motifs is 1. The van der Waals surface area contributed by atoms with Crippen molar-refractivity contribution in [1.29, 1.82) is 0 Å². The Morgan fingerprint density at radius 1 is 1.39 bits per heavy atom. The molecule has 0 aliphatic heterocycles. The van der Waals surface area contributed by atoms with Crippen LogP contribution in [0.1, 0.15) is 15.9 Å². The lowest BCUT2D eigenvalue weighted by molar-refractivity contribution is 0.0697. The zero-order valence-corrected chi connectivity index (χ0v) is 10.3. The summed E-state index contributed by atoms with van der Waals surface area (Å²) in [5, 5.41) is 12.9. The molecule has 1 aromatic carbocycles. The molecule has 1 N–H and O–H groups in total. The predicted molar refractivity (Wildman–Crippen MR) is 69.0 cm³/mol. The quantitative estimate of drug-likeness (QED) is 0.764. The molecule has 0 spiro atoms. The van der Waals surface area contributed by atoms with Crippen molar-refractivity contribution >= 4 is 28.4 Å². The summed E-state index contributed by atoms with van der Waals surface area (Å²) in [7, 11) is 0. The summed E-state index contributed by atoms with van der Waals surface area (Å²) in [5.74, 6) is -0.431. The highest BCUT2D eigenvalue weighted by atomic mass is 32.1. The molecular formula is C13H9NO3S. The van der Waals surface area contributed by atoms with Crippen LogP contribution in [0.25, 0.3) is 22.6 Å². The van der Waals surface area contributed by atoms with Gasteiger partial charge in [0.2, 0.25) is 5.89 Å². The summed E-state index contributed by atoms with van der Waals surface area (Å²) < 4.78 is 5.63. The van der Waals surface area contributed by atoms with Crippen LogP contribution in [0.15, 0.2) is 33.4 Å². The number of hydrogen-bond acceptors (Lipinski definition) is 4. The number of thiophene rings is 1. The van der Waals surface area contributed by atoms with Gasteiger partial charge in [0.05, 0.1) is 11.1 Å². The van der Waals surface area contributed by atoms with Crippen LogP contribution in [0.3, 0.4) is 0 Å². The number of benzene rings is 1. The van der Waals surface area contributed by atoms with Crippen molar-refractivity contribution in [2.24, 2.45) is 0 Å². The van der Waals surface area contributed by atoms with Gasteiger partial charge in [0.15, 0.2) is 5.58 Å². The van der Waals surface area contributed by atoms with Crippen molar-refractivity contribution in [3.63, 3.8) is 0 Å². The van der Waals surface area contributed by atoms with E-state index in [-0.39, 0.29) is 5.56 Å². The molecule has 0 saturated carbocycles. The second-order valence-corrected chi connectivity index (χ2v) is 4.72. The molecule has 0 unspecified atom stereocenters. The van der Waals surface area contributed by atoms with Gasteiger partial charge in [0, 0.05) is 5.38 Å². The SMILES string of the molecule is Cc1cscc1-c1nc2cc(C(=O)O)ccc2o1. The average molecular weight is 259 g/mol. The molecule has 5 heteroatoms. The lowest BCUT2D eigenvalue weighted by atomic mass is 10.2. The van der Waals surface area contributed by atoms with E-state index in [0.717, 1.165) is 11.1 Å². The highest BCUT2D eigenvalue weighted by Crippen LogP contribution is 2.29. The molecule has 0 atom stereocenters. The van der Waals surface area contributed by atoms with Gasteiger partial charge in [-0.2, -0.15) is 11.3 Å². The normalized spacial score (nSPS) is 10.9. The number of aryl methyl sites for hydroxylation is 1. The molecule has 3 aromatic rings. The molecule has 2 heterocycles. The first kappa shape index (κ1) is 11.0. The Balaban J connectivity index is 2.17. The number of carbonyl (C=O) groups is 1. The number of nitrogens with zero attached hydrogens (tertiary/aromatic N) is 1. The van der Waals surface area contributed by atoms with Crippen LogP contribution in [0.5, 0.6) is 0 Å². The topological polar surface area (TPSA) is 63.3 Å². The van der Waals surface area contributed by atoms with Gasteiger partial charge in [-0.3, -0.25) is 0 Å². The van der Waals surface area contributed by atoms with Gasteiger partial charge in [-0.25, -0.2) is 9.78 Å². The fraction of sp³-hybridized carbons (Fsp3) is 0.0769. The third-order valence-electron chi connectivity index (χ3n) is 2.72. The molecule has 2 aromatic heterocycles. The van der Waals surface area contributed by atoms with E-state index in [1.54, 1.807) is 17.4 Å². The van der Waals surface area contributed by atoms with Crippen LogP contribution in [-0.4, -0.2) is 16.1 Å². The highest BCUT2D eigenvalue weighted by molar-refractivity contribution is 7.08. The van der Waals surface area contributed by atoms with E-state index >= 15 is 0 Å². The van der Waals surface area contributed by atoms with Gasteiger partial charge in [0.1, 0.15) is 5.52 Å². The van der Waals surface area contributed by atoms with E-state index < -0.39 is 5.97 Å². The number of hydrogen-bond donors (Lipinski definition) is 1. The molecule has 0 aliphatic carbocycles. The Bertz CT molecular complexity index is 742. The predicted octanol–water partition coefficient (Wildman–Crippen LogP) is 3.56. The van der Waals surface area contributed by atoms with E-state index in [4.69, 9.17) is 9.52 Å². The molecule has 0 fully saturated rings. The molecule has 0 bridgehead atoms. The molecule has 0 radical (unpaired) electrons. The van der Waals surface area contributed by atoms with E-state index in [9.17, 15) is 4.79 Å². The van der Waals surface area contributed by atoms with E-state index in [1.165, 1.54) is 12.1 Å². The molecule has 0 aliphatic rings. The number of aromatic carboxylic acids is 1. The maximum Gasteiger partial charge on any atom is 0.335 e. The number of aromatic nitrogens is 1. The van der Waals surface area contributed by atoms with Crippen LogP contribution in [0.4, 0.5) is 0 Å². The fourth-order valence-corrected chi connectivity index (χ4v) is 2.58. The first-order chi connectivity index (χ1) is 8.65. The largest absolute Gasteiger partial charge is 0.478 e. The summed E-state index contributed by atoms with van der Waals surface area (Å²) in [6.07, 6.45) is 0. The summed E-state index contributed by atoms with van der Waals surface area (Å²) in [6, 6.07) is 4.67. The van der Waals surface area contributed by atoms with Crippen LogP contribution < -0.4 is 0 Å². The van der Waals surface area contributed by atoms with E-state index in [1.807, 2.05) is 17.7 Å². The number of carboxylic acid groups (broad SMARTS) is 1. The summed E-state index contributed by atoms with van der Waals surface area (Å²) in [4.78, 5) is 15.2. The zero-order chi connectivity index (χ0) is 12.7. The lowest BCUT2D eigenvalue weighted by Gasteiger charge is -1.91. The zero-order valence-electron chi connectivity index (χ0n) is 9.51. The molecule has 4 nitrogen and oxygen atoms in total. The third-order valence-corrected chi connectivity index (χ3v) is 3.58. The Morgan fingerprint density at radius 2 is 2.22 bits per heavy atom. The summed E-state index contributed by atoms with van der Waals surface area (Å²) >= 11 is 1.58. The smallest absolute Gasteiger partial charge is 0.335 e.